The monoisotopic (exact) mass is 356 g/mol. The van der Waals surface area contributed by atoms with Crippen LogP contribution >= 0.6 is 0 Å². The van der Waals surface area contributed by atoms with Gasteiger partial charge in [0.25, 0.3) is 6.29 Å². The van der Waals surface area contributed by atoms with Crippen LogP contribution in [-0.2, 0) is 4.74 Å². The summed E-state index contributed by atoms with van der Waals surface area (Å²) >= 11 is 0. The van der Waals surface area contributed by atoms with E-state index in [9.17, 15) is 15.0 Å². The highest BCUT2D eigenvalue weighted by atomic mass is 16.7. The van der Waals surface area contributed by atoms with Gasteiger partial charge in [0.05, 0.1) is 12.7 Å². The van der Waals surface area contributed by atoms with Crippen LogP contribution in [-0.4, -0.2) is 24.4 Å². The van der Waals surface area contributed by atoms with Crippen LogP contribution in [0.5, 0.6) is 23.0 Å². The first-order chi connectivity index (χ1) is 12.5. The topological polar surface area (TPSA) is 98.4 Å². The highest BCUT2D eigenvalue weighted by Crippen LogP contribution is 2.47. The van der Waals surface area contributed by atoms with Crippen LogP contribution in [0.25, 0.3) is 22.1 Å². The molecule has 1 aliphatic rings. The fourth-order valence-corrected chi connectivity index (χ4v) is 3.21. The molecule has 134 valence electrons. The number of rotatable bonds is 2. The van der Waals surface area contributed by atoms with Crippen LogP contribution < -0.4 is 14.9 Å². The van der Waals surface area contributed by atoms with E-state index in [0.29, 0.717) is 11.3 Å². The maximum Gasteiger partial charge on any atom is 0.259 e. The number of aromatic hydroxyl groups is 2. The van der Waals surface area contributed by atoms with Crippen molar-refractivity contribution in [2.24, 2.45) is 0 Å². The van der Waals surface area contributed by atoms with Gasteiger partial charge in [-0.3, -0.25) is 4.79 Å². The second-order valence-corrected chi connectivity index (χ2v) is 5.91. The first kappa shape index (κ1) is 16.3. The number of phenols is 2. The molecule has 0 spiro atoms. The van der Waals surface area contributed by atoms with E-state index in [1.54, 1.807) is 24.3 Å². The molecule has 1 aromatic heterocycles. The minimum Gasteiger partial charge on any atom is -0.507 e. The third-order valence-corrected chi connectivity index (χ3v) is 4.53. The third-order valence-electron chi connectivity index (χ3n) is 4.53. The largest absolute Gasteiger partial charge is 0.507 e. The van der Waals surface area contributed by atoms with Gasteiger partial charge in [0.1, 0.15) is 16.9 Å². The van der Waals surface area contributed by atoms with Crippen molar-refractivity contribution in [3.8, 4) is 34.1 Å². The zero-order valence-corrected chi connectivity index (χ0v) is 14.3. The van der Waals surface area contributed by atoms with Crippen LogP contribution in [0.3, 0.4) is 0 Å². The smallest absolute Gasteiger partial charge is 0.259 e. The predicted octanol–water partition coefficient (Wildman–Crippen LogP) is 3.23. The average molecular weight is 356 g/mol. The molecular weight excluding hydrogens is 340 g/mol. The summed E-state index contributed by atoms with van der Waals surface area (Å²) < 4.78 is 22.1. The fourth-order valence-electron chi connectivity index (χ4n) is 3.21. The highest BCUT2D eigenvalue weighted by molar-refractivity contribution is 5.95. The molecule has 26 heavy (non-hydrogen) atoms. The molecule has 4 rings (SSSR count). The average Bonchev–Trinajstić information content (AvgIpc) is 2.65. The Balaban J connectivity index is 2.22. The van der Waals surface area contributed by atoms with Gasteiger partial charge in [0.15, 0.2) is 17.1 Å². The summed E-state index contributed by atoms with van der Waals surface area (Å²) in [6.07, 6.45) is -0.952. The highest BCUT2D eigenvalue weighted by Gasteiger charge is 2.34. The molecule has 7 nitrogen and oxygen atoms in total. The van der Waals surface area contributed by atoms with Gasteiger partial charge in [-0.25, -0.2) is 0 Å². The van der Waals surface area contributed by atoms with Crippen molar-refractivity contribution in [3.63, 3.8) is 0 Å². The Morgan fingerprint density at radius 1 is 1.12 bits per heavy atom. The Hall–Kier alpha value is -3.19. The van der Waals surface area contributed by atoms with E-state index in [4.69, 9.17) is 18.6 Å². The minimum absolute atomic E-state index is 0.0380. The zero-order valence-electron chi connectivity index (χ0n) is 14.3. The minimum atomic E-state index is -0.952. The number of phenolic OH excluding ortho intramolecular Hbond substituents is 2. The summed E-state index contributed by atoms with van der Waals surface area (Å²) in [7, 11) is 2.76. The standard InChI is InChI=1S/C19H16O7/c1-8-13(20)12-15(22)11-9-6-4-5-7-10(9)25-19(24-3)17(11)26-16(12)18(23-2)14(8)21/h4-7,19-21H,1-3H3/t19-/m0/s1. The van der Waals surface area contributed by atoms with E-state index in [0.717, 1.165) is 0 Å². The van der Waals surface area contributed by atoms with Crippen molar-refractivity contribution in [2.45, 2.75) is 13.2 Å². The molecular formula is C19H16O7. The van der Waals surface area contributed by atoms with Gasteiger partial charge in [-0.05, 0) is 13.0 Å². The molecule has 0 radical (unpaired) electrons. The molecule has 0 bridgehead atoms. The van der Waals surface area contributed by atoms with Crippen LogP contribution in [0.2, 0.25) is 0 Å². The molecule has 2 aromatic carbocycles. The van der Waals surface area contributed by atoms with E-state index < -0.39 is 11.7 Å². The van der Waals surface area contributed by atoms with Crippen molar-refractivity contribution in [3.05, 3.63) is 45.8 Å². The lowest BCUT2D eigenvalue weighted by atomic mass is 9.97. The number of benzene rings is 2. The summed E-state index contributed by atoms with van der Waals surface area (Å²) in [5.74, 6) is -0.0755. The molecule has 0 aliphatic carbocycles. The lowest BCUT2D eigenvalue weighted by Crippen LogP contribution is -2.21. The summed E-state index contributed by atoms with van der Waals surface area (Å²) in [4.78, 5) is 13.3. The molecule has 7 heteroatoms. The number of hydrogen-bond acceptors (Lipinski definition) is 7. The lowest BCUT2D eigenvalue weighted by Gasteiger charge is -2.26. The van der Waals surface area contributed by atoms with E-state index in [1.807, 2.05) is 0 Å². The SMILES string of the molecule is COc1c(O)c(C)c(O)c2c(=O)c3c(oc12)[C@@H](OC)Oc1ccccc1-3. The van der Waals surface area contributed by atoms with Crippen LogP contribution in [0.4, 0.5) is 0 Å². The molecule has 1 atom stereocenters. The Labute approximate surface area is 148 Å². The van der Waals surface area contributed by atoms with Gasteiger partial charge >= 0.3 is 0 Å². The molecule has 1 aliphatic heterocycles. The van der Waals surface area contributed by atoms with Gasteiger partial charge < -0.3 is 28.8 Å². The number of methoxy groups -OCH3 is 2. The zero-order chi connectivity index (χ0) is 18.6. The van der Waals surface area contributed by atoms with Crippen molar-refractivity contribution in [1.29, 1.82) is 0 Å². The van der Waals surface area contributed by atoms with Gasteiger partial charge in [0, 0.05) is 18.2 Å². The van der Waals surface area contributed by atoms with E-state index in [-0.39, 0.29) is 45.1 Å². The first-order valence-corrected chi connectivity index (χ1v) is 7.87. The number of fused-ring (bicyclic) bond motifs is 4. The molecule has 0 amide bonds. The summed E-state index contributed by atoms with van der Waals surface area (Å²) in [6.45, 7) is 1.49. The van der Waals surface area contributed by atoms with E-state index >= 15 is 0 Å². The second-order valence-electron chi connectivity index (χ2n) is 5.91. The normalized spacial score (nSPS) is 15.3. The summed E-state index contributed by atoms with van der Waals surface area (Å²) in [5.41, 5.74) is 0.384. The molecule has 3 aromatic rings. The molecule has 0 saturated heterocycles. The van der Waals surface area contributed by atoms with E-state index in [1.165, 1.54) is 21.1 Å². The Kier molecular flexibility index (Phi) is 3.55. The van der Waals surface area contributed by atoms with Crippen LogP contribution in [0.15, 0.2) is 33.5 Å². The fraction of sp³-hybridized carbons (Fsp3) is 0.211. The van der Waals surface area contributed by atoms with Gasteiger partial charge in [-0.1, -0.05) is 18.2 Å². The van der Waals surface area contributed by atoms with Crippen molar-refractivity contribution in [1.82, 2.24) is 0 Å². The Morgan fingerprint density at radius 2 is 1.85 bits per heavy atom. The molecule has 0 fully saturated rings. The molecule has 2 heterocycles. The van der Waals surface area contributed by atoms with Crippen molar-refractivity contribution < 1.29 is 28.8 Å². The van der Waals surface area contributed by atoms with Gasteiger partial charge in [-0.15, -0.1) is 0 Å². The molecule has 2 N–H and O–H groups in total. The molecule has 0 saturated carbocycles. The summed E-state index contributed by atoms with van der Waals surface area (Å²) in [6, 6.07) is 6.99. The van der Waals surface area contributed by atoms with Crippen molar-refractivity contribution >= 4 is 11.0 Å². The quantitative estimate of drug-likeness (QED) is 0.727. The third kappa shape index (κ3) is 2.01. The Bertz CT molecular complexity index is 1100. The lowest BCUT2D eigenvalue weighted by molar-refractivity contribution is -0.0716. The van der Waals surface area contributed by atoms with Crippen LogP contribution in [0, 0.1) is 6.92 Å². The number of ether oxygens (including phenoxy) is 3. The maximum atomic E-state index is 13.3. The van der Waals surface area contributed by atoms with Crippen LogP contribution in [0.1, 0.15) is 17.6 Å². The van der Waals surface area contributed by atoms with E-state index in [2.05, 4.69) is 0 Å². The number of hydrogen-bond donors (Lipinski definition) is 2. The maximum absolute atomic E-state index is 13.3. The molecule has 0 unspecified atom stereocenters. The predicted molar refractivity (Wildman–Crippen MR) is 92.9 cm³/mol. The number of para-hydroxylation sites is 1. The Morgan fingerprint density at radius 3 is 2.54 bits per heavy atom. The summed E-state index contributed by atoms with van der Waals surface area (Å²) in [5, 5.41) is 20.7. The van der Waals surface area contributed by atoms with Crippen molar-refractivity contribution in [2.75, 3.05) is 14.2 Å². The van der Waals surface area contributed by atoms with Gasteiger partial charge in [0.2, 0.25) is 11.2 Å². The first-order valence-electron chi connectivity index (χ1n) is 7.87. The van der Waals surface area contributed by atoms with Gasteiger partial charge in [-0.2, -0.15) is 0 Å². The second kappa shape index (κ2) is 5.67.